The summed E-state index contributed by atoms with van der Waals surface area (Å²) in [5, 5.41) is 0. The first-order chi connectivity index (χ1) is 8.24. The predicted octanol–water partition coefficient (Wildman–Crippen LogP) is 0.138. The Morgan fingerprint density at radius 1 is 1.41 bits per heavy atom. The number of rotatable bonds is 1. The maximum absolute atomic E-state index is 11.5. The molecule has 2 N–H and O–H groups in total. The number of imidazole rings is 1. The molecule has 3 rings (SSSR count). The molecule has 0 saturated heterocycles. The molecule has 3 heterocycles. The van der Waals surface area contributed by atoms with Crippen molar-refractivity contribution in [1.82, 2.24) is 19.9 Å². The van der Waals surface area contributed by atoms with E-state index in [2.05, 4.69) is 19.9 Å². The SMILES string of the molecule is C[n+]1cccc(-c2nc3nc[nH]c(=O)c3[nH]2)c1. The fourth-order valence-corrected chi connectivity index (χ4v) is 1.70. The van der Waals surface area contributed by atoms with Gasteiger partial charge < -0.3 is 9.97 Å². The van der Waals surface area contributed by atoms with Crippen LogP contribution < -0.4 is 10.1 Å². The quantitative estimate of drug-likeness (QED) is 0.581. The molecule has 0 aliphatic rings. The number of hydrogen-bond acceptors (Lipinski definition) is 3. The van der Waals surface area contributed by atoms with Gasteiger partial charge in [-0.2, -0.15) is 0 Å². The third kappa shape index (κ3) is 1.59. The fraction of sp³-hybridized carbons (Fsp3) is 0.0909. The van der Waals surface area contributed by atoms with Gasteiger partial charge in [-0.3, -0.25) is 4.79 Å². The molecule has 0 radical (unpaired) electrons. The molecule has 0 bridgehead atoms. The molecule has 0 spiro atoms. The van der Waals surface area contributed by atoms with Gasteiger partial charge in [-0.1, -0.05) is 0 Å². The number of fused-ring (bicyclic) bond motifs is 1. The monoisotopic (exact) mass is 228 g/mol. The van der Waals surface area contributed by atoms with Crippen molar-refractivity contribution in [2.24, 2.45) is 7.05 Å². The summed E-state index contributed by atoms with van der Waals surface area (Å²) in [7, 11) is 1.93. The molecule has 0 aliphatic carbocycles. The molecule has 6 heteroatoms. The molecular formula is C11H10N5O+. The summed E-state index contributed by atoms with van der Waals surface area (Å²) < 4.78 is 1.92. The molecule has 0 amide bonds. The van der Waals surface area contributed by atoms with Crippen LogP contribution in [-0.2, 0) is 7.05 Å². The number of nitrogens with zero attached hydrogens (tertiary/aromatic N) is 3. The molecule has 3 aromatic rings. The topological polar surface area (TPSA) is 78.3 Å². The Labute approximate surface area is 96.0 Å². The molecule has 0 unspecified atom stereocenters. The number of aryl methyl sites for hydroxylation is 1. The van der Waals surface area contributed by atoms with Crippen molar-refractivity contribution < 1.29 is 4.57 Å². The van der Waals surface area contributed by atoms with Gasteiger partial charge in [-0.15, -0.1) is 0 Å². The Morgan fingerprint density at radius 3 is 3.06 bits per heavy atom. The minimum atomic E-state index is -0.214. The van der Waals surface area contributed by atoms with Gasteiger partial charge in [0.25, 0.3) is 5.56 Å². The summed E-state index contributed by atoms with van der Waals surface area (Å²) >= 11 is 0. The van der Waals surface area contributed by atoms with Gasteiger partial charge in [0, 0.05) is 6.07 Å². The fourth-order valence-electron chi connectivity index (χ4n) is 1.70. The van der Waals surface area contributed by atoms with Gasteiger partial charge in [-0.05, 0) is 6.07 Å². The summed E-state index contributed by atoms with van der Waals surface area (Å²) in [6.07, 6.45) is 5.20. The van der Waals surface area contributed by atoms with Gasteiger partial charge in [0.2, 0.25) is 0 Å². The van der Waals surface area contributed by atoms with Crippen molar-refractivity contribution >= 4 is 11.2 Å². The standard InChI is InChI=1S/C11H9N5O/c1-16-4-2-3-7(5-16)9-14-8-10(15-9)12-6-13-11(8)17/h2-6H,1H3,(H-,12,13,14,15,17)/p+1. The molecule has 84 valence electrons. The molecule has 0 atom stereocenters. The van der Waals surface area contributed by atoms with Crippen molar-refractivity contribution in [3.05, 3.63) is 41.2 Å². The average Bonchev–Trinajstić information content (AvgIpc) is 2.74. The predicted molar refractivity (Wildman–Crippen MR) is 61.1 cm³/mol. The largest absolute Gasteiger partial charge is 0.332 e. The van der Waals surface area contributed by atoms with Crippen molar-refractivity contribution in [1.29, 1.82) is 0 Å². The molecule has 0 saturated carbocycles. The molecule has 17 heavy (non-hydrogen) atoms. The van der Waals surface area contributed by atoms with Crippen molar-refractivity contribution in [3.8, 4) is 11.4 Å². The van der Waals surface area contributed by atoms with Crippen LogP contribution in [0.3, 0.4) is 0 Å². The highest BCUT2D eigenvalue weighted by molar-refractivity contribution is 5.74. The molecule has 0 fully saturated rings. The van der Waals surface area contributed by atoms with Gasteiger partial charge in [-0.25, -0.2) is 14.5 Å². The lowest BCUT2D eigenvalue weighted by molar-refractivity contribution is -0.671. The highest BCUT2D eigenvalue weighted by Crippen LogP contribution is 2.14. The first-order valence-corrected chi connectivity index (χ1v) is 5.13. The first kappa shape index (κ1) is 9.71. The Bertz CT molecular complexity index is 743. The number of aromatic nitrogens is 5. The van der Waals surface area contributed by atoms with E-state index < -0.39 is 0 Å². The minimum Gasteiger partial charge on any atom is -0.332 e. The zero-order valence-corrected chi connectivity index (χ0v) is 9.14. The number of H-pyrrole nitrogens is 2. The average molecular weight is 228 g/mol. The Balaban J connectivity index is 2.25. The van der Waals surface area contributed by atoms with E-state index in [-0.39, 0.29) is 5.56 Å². The lowest BCUT2D eigenvalue weighted by Crippen LogP contribution is -2.26. The Kier molecular flexibility index (Phi) is 2.01. The molecule has 0 aliphatic heterocycles. The molecular weight excluding hydrogens is 218 g/mol. The zero-order valence-electron chi connectivity index (χ0n) is 9.14. The van der Waals surface area contributed by atoms with E-state index in [1.165, 1.54) is 6.33 Å². The maximum atomic E-state index is 11.5. The van der Waals surface area contributed by atoms with Crippen LogP contribution in [0.15, 0.2) is 35.6 Å². The van der Waals surface area contributed by atoms with Crippen LogP contribution in [0.2, 0.25) is 0 Å². The Morgan fingerprint density at radius 2 is 2.29 bits per heavy atom. The summed E-state index contributed by atoms with van der Waals surface area (Å²) in [6.45, 7) is 0. The van der Waals surface area contributed by atoms with E-state index in [1.54, 1.807) is 0 Å². The maximum Gasteiger partial charge on any atom is 0.276 e. The first-order valence-electron chi connectivity index (χ1n) is 5.13. The van der Waals surface area contributed by atoms with E-state index >= 15 is 0 Å². The summed E-state index contributed by atoms with van der Waals surface area (Å²) in [5.41, 5.74) is 1.52. The second-order valence-electron chi connectivity index (χ2n) is 3.77. The van der Waals surface area contributed by atoms with Crippen LogP contribution in [0, 0.1) is 0 Å². The molecule has 3 aromatic heterocycles. The lowest BCUT2D eigenvalue weighted by atomic mass is 10.3. The van der Waals surface area contributed by atoms with E-state index in [0.717, 1.165) is 5.56 Å². The van der Waals surface area contributed by atoms with E-state index in [9.17, 15) is 4.79 Å². The smallest absolute Gasteiger partial charge is 0.276 e. The highest BCUT2D eigenvalue weighted by Gasteiger charge is 2.10. The van der Waals surface area contributed by atoms with Crippen LogP contribution in [0.25, 0.3) is 22.6 Å². The van der Waals surface area contributed by atoms with E-state index in [0.29, 0.717) is 17.0 Å². The van der Waals surface area contributed by atoms with E-state index in [4.69, 9.17) is 0 Å². The minimum absolute atomic E-state index is 0.214. The highest BCUT2D eigenvalue weighted by atomic mass is 16.1. The van der Waals surface area contributed by atoms with Crippen LogP contribution in [0.1, 0.15) is 0 Å². The normalized spacial score (nSPS) is 10.9. The van der Waals surface area contributed by atoms with Gasteiger partial charge in [0.1, 0.15) is 12.9 Å². The summed E-state index contributed by atoms with van der Waals surface area (Å²) in [4.78, 5) is 25.3. The number of hydrogen-bond donors (Lipinski definition) is 2. The van der Waals surface area contributed by atoms with Gasteiger partial charge in [0.15, 0.2) is 23.6 Å². The number of nitrogens with one attached hydrogen (secondary N) is 2. The van der Waals surface area contributed by atoms with Crippen LogP contribution in [-0.4, -0.2) is 19.9 Å². The second-order valence-corrected chi connectivity index (χ2v) is 3.77. The van der Waals surface area contributed by atoms with Crippen molar-refractivity contribution in [3.63, 3.8) is 0 Å². The number of aromatic amines is 2. The van der Waals surface area contributed by atoms with Gasteiger partial charge >= 0.3 is 0 Å². The van der Waals surface area contributed by atoms with Crippen molar-refractivity contribution in [2.45, 2.75) is 0 Å². The summed E-state index contributed by atoms with van der Waals surface area (Å²) in [5.74, 6) is 0.639. The van der Waals surface area contributed by atoms with E-state index in [1.807, 2.05) is 36.1 Å². The second kappa shape index (κ2) is 3.51. The van der Waals surface area contributed by atoms with Crippen molar-refractivity contribution in [2.75, 3.05) is 0 Å². The van der Waals surface area contributed by atoms with Crippen LogP contribution >= 0.6 is 0 Å². The van der Waals surface area contributed by atoms with Crippen LogP contribution in [0.5, 0.6) is 0 Å². The summed E-state index contributed by atoms with van der Waals surface area (Å²) in [6, 6.07) is 3.84. The third-order valence-corrected chi connectivity index (χ3v) is 2.51. The molecule has 0 aromatic carbocycles. The lowest BCUT2D eigenvalue weighted by Gasteiger charge is -1.92. The zero-order chi connectivity index (χ0) is 11.8. The third-order valence-electron chi connectivity index (χ3n) is 2.51. The number of pyridine rings is 1. The van der Waals surface area contributed by atoms with Gasteiger partial charge in [0.05, 0.1) is 11.9 Å². The Hall–Kier alpha value is -2.50. The van der Waals surface area contributed by atoms with Crippen LogP contribution in [0.4, 0.5) is 0 Å². The molecule has 6 nitrogen and oxygen atoms in total.